The molecule has 280 valence electrons. The Bertz CT molecular complexity index is 2890. The number of para-hydroxylation sites is 3. The van der Waals surface area contributed by atoms with Crippen LogP contribution in [0.25, 0.3) is 33.5 Å². The van der Waals surface area contributed by atoms with Crippen LogP contribution in [-0.2, 0) is 4.74 Å². The molecule has 3 aliphatic carbocycles. The Labute approximate surface area is 339 Å². The average molecular weight is 751 g/mol. The molecule has 0 saturated heterocycles. The molecule has 0 saturated carbocycles. The van der Waals surface area contributed by atoms with Crippen molar-refractivity contribution in [3.05, 3.63) is 228 Å². The predicted molar refractivity (Wildman–Crippen MR) is 237 cm³/mol. The minimum atomic E-state index is -0.338. The third-order valence-electron chi connectivity index (χ3n) is 12.0. The minimum absolute atomic E-state index is 0.121. The van der Waals surface area contributed by atoms with Crippen molar-refractivity contribution >= 4 is 45.1 Å². The normalized spacial score (nSPS) is 19.1. The van der Waals surface area contributed by atoms with Gasteiger partial charge in [-0.2, -0.15) is 0 Å². The number of anilines is 4. The van der Waals surface area contributed by atoms with Crippen molar-refractivity contribution in [2.24, 2.45) is 5.92 Å². The fourth-order valence-electron chi connectivity index (χ4n) is 9.38. The van der Waals surface area contributed by atoms with Crippen molar-refractivity contribution < 1.29 is 9.15 Å². The lowest BCUT2D eigenvalue weighted by Crippen LogP contribution is -2.48. The molecule has 3 unspecified atom stereocenters. The van der Waals surface area contributed by atoms with Crippen LogP contribution >= 0.6 is 0 Å². The molecule has 4 nitrogen and oxygen atoms in total. The Hall–Kier alpha value is -7.04. The summed E-state index contributed by atoms with van der Waals surface area (Å²) in [5.74, 6) is 1.22. The maximum atomic E-state index is 7.34. The zero-order valence-electron chi connectivity index (χ0n) is 32.1. The van der Waals surface area contributed by atoms with Crippen LogP contribution in [-0.4, -0.2) is 6.10 Å². The first-order chi connectivity index (χ1) is 28.8. The Kier molecular flexibility index (Phi) is 8.54. The second-order valence-corrected chi connectivity index (χ2v) is 15.4. The highest BCUT2D eigenvalue weighted by Gasteiger charge is 2.48. The van der Waals surface area contributed by atoms with E-state index in [1.807, 2.05) is 0 Å². The number of hydrogen-bond acceptors (Lipinski definition) is 4. The van der Waals surface area contributed by atoms with Gasteiger partial charge in [0.1, 0.15) is 11.3 Å². The summed E-state index contributed by atoms with van der Waals surface area (Å²) in [7, 11) is 0. The van der Waals surface area contributed by atoms with Crippen molar-refractivity contribution in [3.63, 3.8) is 0 Å². The van der Waals surface area contributed by atoms with Crippen LogP contribution < -0.4 is 20.4 Å². The highest BCUT2D eigenvalue weighted by atomic mass is 16.5. The molecule has 0 radical (unpaired) electrons. The molecule has 0 spiro atoms. The number of nitrogens with zero attached hydrogens (tertiary/aromatic N) is 2. The highest BCUT2D eigenvalue weighted by molar-refractivity contribution is 5.94. The SMILES string of the molecule is C1=CCC(c2ccc(N(C3=c4oc5ccccc5c4=C(N(c4ccccc4)c4ccc(-c5ccccc5)cc4)C4OC5=C(CCC=C5)C34)c3ccccc3)cc2)C=C1. The van der Waals surface area contributed by atoms with E-state index in [0.29, 0.717) is 5.92 Å². The van der Waals surface area contributed by atoms with E-state index in [1.165, 1.54) is 22.3 Å². The molecule has 7 aromatic rings. The van der Waals surface area contributed by atoms with Gasteiger partial charge >= 0.3 is 0 Å². The lowest BCUT2D eigenvalue weighted by Gasteiger charge is -2.39. The lowest BCUT2D eigenvalue weighted by molar-refractivity contribution is 0.179. The van der Waals surface area contributed by atoms with Gasteiger partial charge in [-0.1, -0.05) is 140 Å². The van der Waals surface area contributed by atoms with Gasteiger partial charge in [0.25, 0.3) is 0 Å². The van der Waals surface area contributed by atoms with Gasteiger partial charge in [0.2, 0.25) is 0 Å². The molecule has 2 heterocycles. The summed E-state index contributed by atoms with van der Waals surface area (Å²) in [6.07, 6.45) is 15.9. The van der Waals surface area contributed by atoms with Crippen molar-refractivity contribution in [1.82, 2.24) is 0 Å². The summed E-state index contributed by atoms with van der Waals surface area (Å²) in [5.41, 5.74) is 13.2. The third kappa shape index (κ3) is 5.83. The number of fused-ring (bicyclic) bond motifs is 5. The van der Waals surface area contributed by atoms with Crippen molar-refractivity contribution in [3.8, 4) is 11.1 Å². The van der Waals surface area contributed by atoms with Crippen LogP contribution in [0, 0.1) is 5.92 Å². The Balaban J connectivity index is 1.21. The number of hydrogen-bond donors (Lipinski definition) is 0. The van der Waals surface area contributed by atoms with Crippen molar-refractivity contribution in [2.45, 2.75) is 31.3 Å². The number of benzene rings is 6. The largest absolute Gasteiger partial charge is 0.483 e. The van der Waals surface area contributed by atoms with Crippen LogP contribution in [0.4, 0.5) is 22.7 Å². The first kappa shape index (κ1) is 34.2. The van der Waals surface area contributed by atoms with E-state index in [0.717, 1.165) is 80.8 Å². The highest BCUT2D eigenvalue weighted by Crippen LogP contribution is 2.51. The lowest BCUT2D eigenvalue weighted by atomic mass is 9.81. The van der Waals surface area contributed by atoms with E-state index >= 15 is 0 Å². The Morgan fingerprint density at radius 1 is 0.534 bits per heavy atom. The molecule has 4 heteroatoms. The van der Waals surface area contributed by atoms with Gasteiger partial charge in [-0.05, 0) is 102 Å². The topological polar surface area (TPSA) is 28.9 Å². The van der Waals surface area contributed by atoms with Gasteiger partial charge in [-0.3, -0.25) is 0 Å². The maximum Gasteiger partial charge on any atom is 0.157 e. The van der Waals surface area contributed by atoms with Gasteiger partial charge in [-0.15, -0.1) is 0 Å². The Morgan fingerprint density at radius 2 is 1.14 bits per heavy atom. The Morgan fingerprint density at radius 3 is 1.83 bits per heavy atom. The quantitative estimate of drug-likeness (QED) is 0.155. The molecule has 0 N–H and O–H groups in total. The minimum Gasteiger partial charge on any atom is -0.483 e. The fourth-order valence-corrected chi connectivity index (χ4v) is 9.38. The number of rotatable bonds is 8. The van der Waals surface area contributed by atoms with E-state index in [9.17, 15) is 0 Å². The van der Waals surface area contributed by atoms with Crippen LogP contribution in [0.15, 0.2) is 216 Å². The van der Waals surface area contributed by atoms with Crippen molar-refractivity contribution in [2.75, 3.05) is 9.80 Å². The van der Waals surface area contributed by atoms with E-state index in [-0.39, 0.29) is 12.0 Å². The van der Waals surface area contributed by atoms with Crippen molar-refractivity contribution in [1.29, 1.82) is 0 Å². The zero-order chi connectivity index (χ0) is 38.4. The standard InChI is InChI=1S/C54H42N2O2/c1-5-17-37(18-6-1)39-29-33-43(34-30-39)55(41-21-9-3-10-22-41)51-49-45-25-13-15-27-47(45)58-54(49)52(50-46-26-14-16-28-48(46)57-53(50)51)56(42-23-11-4-12-24-42)44-35-31-40(32-36-44)38-19-7-2-8-20-38/h1-13,15-19,21-25,27-36,38,50,53H,14,20,26H2. The van der Waals surface area contributed by atoms with Crippen LogP contribution in [0.2, 0.25) is 0 Å². The van der Waals surface area contributed by atoms with Gasteiger partial charge in [-0.25, -0.2) is 0 Å². The number of furan rings is 1. The van der Waals surface area contributed by atoms with E-state index in [2.05, 4.69) is 210 Å². The average Bonchev–Trinajstić information content (AvgIpc) is 3.88. The third-order valence-corrected chi connectivity index (χ3v) is 12.0. The van der Waals surface area contributed by atoms with Gasteiger partial charge in [0.15, 0.2) is 11.5 Å². The molecule has 1 aliphatic heterocycles. The summed E-state index contributed by atoms with van der Waals surface area (Å²) in [6, 6.07) is 58.7. The molecule has 0 amide bonds. The van der Waals surface area contributed by atoms with E-state index < -0.39 is 0 Å². The van der Waals surface area contributed by atoms with Crippen LogP contribution in [0.5, 0.6) is 0 Å². The molecular formula is C54H42N2O2. The molecule has 6 aromatic carbocycles. The van der Waals surface area contributed by atoms with Gasteiger partial charge in [0, 0.05) is 34.1 Å². The molecule has 11 rings (SSSR count). The number of allylic oxidation sites excluding steroid dienone is 6. The molecule has 58 heavy (non-hydrogen) atoms. The summed E-state index contributed by atoms with van der Waals surface area (Å²) in [4.78, 5) is 4.86. The summed E-state index contributed by atoms with van der Waals surface area (Å²) >= 11 is 0. The predicted octanol–water partition coefficient (Wildman–Crippen LogP) is 12.2. The summed E-state index contributed by atoms with van der Waals surface area (Å²) < 4.78 is 14.6. The first-order valence-electron chi connectivity index (χ1n) is 20.4. The van der Waals surface area contributed by atoms with Crippen LogP contribution in [0.1, 0.15) is 30.7 Å². The summed E-state index contributed by atoms with van der Waals surface area (Å²) in [5, 5.41) is 2.12. The first-order valence-corrected chi connectivity index (χ1v) is 20.4. The maximum absolute atomic E-state index is 7.34. The van der Waals surface area contributed by atoms with Gasteiger partial charge < -0.3 is 19.0 Å². The second-order valence-electron chi connectivity index (χ2n) is 15.4. The second kappa shape index (κ2) is 14.5. The smallest absolute Gasteiger partial charge is 0.157 e. The molecule has 0 fully saturated rings. The summed E-state index contributed by atoms with van der Waals surface area (Å²) in [6.45, 7) is 0. The van der Waals surface area contributed by atoms with Crippen LogP contribution in [0.3, 0.4) is 0 Å². The fraction of sp³-hybridized carbons (Fsp3) is 0.111. The molecule has 4 aliphatic rings. The molecule has 1 aromatic heterocycles. The molecular weight excluding hydrogens is 709 g/mol. The molecule has 3 atom stereocenters. The van der Waals surface area contributed by atoms with E-state index in [4.69, 9.17) is 9.15 Å². The van der Waals surface area contributed by atoms with E-state index in [1.54, 1.807) is 0 Å². The number of ether oxygens (including phenoxy) is 1. The zero-order valence-corrected chi connectivity index (χ0v) is 32.1. The molecule has 0 bridgehead atoms. The van der Waals surface area contributed by atoms with Gasteiger partial charge in [0.05, 0.1) is 22.5 Å². The monoisotopic (exact) mass is 750 g/mol.